The summed E-state index contributed by atoms with van der Waals surface area (Å²) in [6.07, 6.45) is 3.80. The molecule has 0 radical (unpaired) electrons. The standard InChI is InChI=1S/C18H36N2O2/c1-14(2)19-17(21)13-20-10-7-16(8-11-20)18(5,6)9-12-22-15(3)4/h14-16H,7-13H2,1-6H3,(H,19,21). The lowest BCUT2D eigenvalue weighted by Crippen LogP contribution is -2.45. The van der Waals surface area contributed by atoms with Crippen LogP contribution in [0.3, 0.4) is 0 Å². The molecule has 22 heavy (non-hydrogen) atoms. The van der Waals surface area contributed by atoms with E-state index in [1.807, 2.05) is 13.8 Å². The van der Waals surface area contributed by atoms with Crippen LogP contribution in [-0.2, 0) is 9.53 Å². The minimum Gasteiger partial charge on any atom is -0.379 e. The van der Waals surface area contributed by atoms with E-state index in [-0.39, 0.29) is 11.9 Å². The summed E-state index contributed by atoms with van der Waals surface area (Å²) < 4.78 is 5.72. The van der Waals surface area contributed by atoms with E-state index in [2.05, 4.69) is 37.9 Å². The van der Waals surface area contributed by atoms with E-state index in [1.165, 1.54) is 12.8 Å². The first-order chi connectivity index (χ1) is 10.2. The lowest BCUT2D eigenvalue weighted by atomic mass is 9.72. The van der Waals surface area contributed by atoms with E-state index < -0.39 is 0 Å². The molecule has 4 heteroatoms. The summed E-state index contributed by atoms with van der Waals surface area (Å²) >= 11 is 0. The predicted octanol–water partition coefficient (Wildman–Crippen LogP) is 3.06. The van der Waals surface area contributed by atoms with Gasteiger partial charge in [0.15, 0.2) is 0 Å². The van der Waals surface area contributed by atoms with E-state index in [0.717, 1.165) is 32.0 Å². The van der Waals surface area contributed by atoms with Gasteiger partial charge in [0.1, 0.15) is 0 Å². The van der Waals surface area contributed by atoms with Gasteiger partial charge in [-0.2, -0.15) is 0 Å². The molecule has 1 N–H and O–H groups in total. The number of amides is 1. The maximum Gasteiger partial charge on any atom is 0.234 e. The summed E-state index contributed by atoms with van der Waals surface area (Å²) in [5.74, 6) is 0.880. The maximum atomic E-state index is 11.8. The van der Waals surface area contributed by atoms with E-state index in [1.54, 1.807) is 0 Å². The molecule has 1 heterocycles. The highest BCUT2D eigenvalue weighted by molar-refractivity contribution is 5.78. The van der Waals surface area contributed by atoms with Crippen LogP contribution in [0.5, 0.6) is 0 Å². The van der Waals surface area contributed by atoms with Crippen LogP contribution >= 0.6 is 0 Å². The van der Waals surface area contributed by atoms with Crippen molar-refractivity contribution in [2.24, 2.45) is 11.3 Å². The van der Waals surface area contributed by atoms with Crippen LogP contribution in [0.1, 0.15) is 60.8 Å². The molecule has 0 saturated carbocycles. The highest BCUT2D eigenvalue weighted by atomic mass is 16.5. The second kappa shape index (κ2) is 8.88. The minimum atomic E-state index is 0.151. The number of ether oxygens (including phenoxy) is 1. The number of carbonyl (C=O) groups is 1. The van der Waals surface area contributed by atoms with Gasteiger partial charge in [-0.3, -0.25) is 9.69 Å². The Morgan fingerprint density at radius 2 is 1.82 bits per heavy atom. The largest absolute Gasteiger partial charge is 0.379 e. The van der Waals surface area contributed by atoms with Crippen molar-refractivity contribution in [2.75, 3.05) is 26.2 Å². The van der Waals surface area contributed by atoms with Gasteiger partial charge in [0, 0.05) is 12.6 Å². The van der Waals surface area contributed by atoms with E-state index >= 15 is 0 Å². The summed E-state index contributed by atoms with van der Waals surface area (Å²) in [5.41, 5.74) is 0.321. The molecule has 4 nitrogen and oxygen atoms in total. The van der Waals surface area contributed by atoms with Gasteiger partial charge >= 0.3 is 0 Å². The van der Waals surface area contributed by atoms with Gasteiger partial charge in [-0.05, 0) is 71.4 Å². The molecule has 1 aliphatic rings. The van der Waals surface area contributed by atoms with Gasteiger partial charge in [-0.1, -0.05) is 13.8 Å². The smallest absolute Gasteiger partial charge is 0.234 e. The lowest BCUT2D eigenvalue weighted by Gasteiger charge is -2.40. The van der Waals surface area contributed by atoms with Crippen molar-refractivity contribution < 1.29 is 9.53 Å². The number of nitrogens with zero attached hydrogens (tertiary/aromatic N) is 1. The molecular weight excluding hydrogens is 276 g/mol. The zero-order chi connectivity index (χ0) is 16.8. The molecule has 0 aromatic heterocycles. The van der Waals surface area contributed by atoms with Crippen LogP contribution in [0.25, 0.3) is 0 Å². The molecular formula is C18H36N2O2. The zero-order valence-electron chi connectivity index (χ0n) is 15.4. The number of hydrogen-bond acceptors (Lipinski definition) is 3. The number of likely N-dealkylation sites (tertiary alicyclic amines) is 1. The van der Waals surface area contributed by atoms with Crippen molar-refractivity contribution in [3.8, 4) is 0 Å². The van der Waals surface area contributed by atoms with E-state index in [9.17, 15) is 4.79 Å². The van der Waals surface area contributed by atoms with E-state index in [0.29, 0.717) is 18.1 Å². The normalized spacial score (nSPS) is 18.2. The fourth-order valence-electron chi connectivity index (χ4n) is 3.21. The molecule has 1 aliphatic heterocycles. The van der Waals surface area contributed by atoms with Crippen LogP contribution in [0.15, 0.2) is 0 Å². The number of carbonyl (C=O) groups excluding carboxylic acids is 1. The summed E-state index contributed by atoms with van der Waals surface area (Å²) in [5, 5.41) is 2.97. The Hall–Kier alpha value is -0.610. The third-order valence-corrected chi connectivity index (χ3v) is 4.71. The van der Waals surface area contributed by atoms with Gasteiger partial charge < -0.3 is 10.1 Å². The Morgan fingerprint density at radius 1 is 1.23 bits per heavy atom. The highest BCUT2D eigenvalue weighted by Gasteiger charge is 2.32. The molecule has 0 bridgehead atoms. The van der Waals surface area contributed by atoms with Crippen molar-refractivity contribution in [2.45, 2.75) is 73.0 Å². The van der Waals surface area contributed by atoms with Crippen molar-refractivity contribution >= 4 is 5.91 Å². The highest BCUT2D eigenvalue weighted by Crippen LogP contribution is 2.37. The Balaban J connectivity index is 2.32. The van der Waals surface area contributed by atoms with Crippen molar-refractivity contribution in [1.29, 1.82) is 0 Å². The maximum absolute atomic E-state index is 11.8. The molecule has 0 spiro atoms. The van der Waals surface area contributed by atoms with Crippen LogP contribution < -0.4 is 5.32 Å². The molecule has 0 aromatic carbocycles. The first-order valence-corrected chi connectivity index (χ1v) is 8.84. The Labute approximate surface area is 137 Å². The number of nitrogens with one attached hydrogen (secondary N) is 1. The molecule has 0 unspecified atom stereocenters. The van der Waals surface area contributed by atoms with Crippen molar-refractivity contribution in [3.63, 3.8) is 0 Å². The topological polar surface area (TPSA) is 41.6 Å². The average Bonchev–Trinajstić information content (AvgIpc) is 2.37. The first kappa shape index (κ1) is 19.4. The molecule has 0 aromatic rings. The third-order valence-electron chi connectivity index (χ3n) is 4.71. The van der Waals surface area contributed by atoms with Crippen LogP contribution in [0.4, 0.5) is 0 Å². The van der Waals surface area contributed by atoms with Crippen LogP contribution in [0, 0.1) is 11.3 Å². The molecule has 0 atom stereocenters. The molecule has 1 saturated heterocycles. The fraction of sp³-hybridized carbons (Fsp3) is 0.944. The molecule has 1 rings (SSSR count). The average molecular weight is 312 g/mol. The Morgan fingerprint density at radius 3 is 2.32 bits per heavy atom. The predicted molar refractivity (Wildman–Crippen MR) is 91.9 cm³/mol. The third kappa shape index (κ3) is 7.10. The van der Waals surface area contributed by atoms with Crippen LogP contribution in [-0.4, -0.2) is 49.2 Å². The second-order valence-corrected chi connectivity index (χ2v) is 7.93. The molecule has 0 aliphatic carbocycles. The Kier molecular flexibility index (Phi) is 7.84. The van der Waals surface area contributed by atoms with E-state index in [4.69, 9.17) is 4.74 Å². The Bertz CT molecular complexity index is 332. The first-order valence-electron chi connectivity index (χ1n) is 8.84. The molecule has 130 valence electrons. The molecule has 1 fully saturated rings. The minimum absolute atomic E-state index is 0.151. The quantitative estimate of drug-likeness (QED) is 0.749. The number of rotatable bonds is 8. The summed E-state index contributed by atoms with van der Waals surface area (Å²) in [6, 6.07) is 0.227. The fourth-order valence-corrected chi connectivity index (χ4v) is 3.21. The molecule has 1 amide bonds. The van der Waals surface area contributed by atoms with Crippen molar-refractivity contribution in [3.05, 3.63) is 0 Å². The van der Waals surface area contributed by atoms with Gasteiger partial charge in [0.2, 0.25) is 5.91 Å². The lowest BCUT2D eigenvalue weighted by molar-refractivity contribution is -0.123. The van der Waals surface area contributed by atoms with Crippen molar-refractivity contribution in [1.82, 2.24) is 10.2 Å². The van der Waals surface area contributed by atoms with Gasteiger partial charge in [-0.15, -0.1) is 0 Å². The second-order valence-electron chi connectivity index (χ2n) is 7.93. The number of hydrogen-bond donors (Lipinski definition) is 1. The number of piperidine rings is 1. The summed E-state index contributed by atoms with van der Waals surface area (Å²) in [7, 11) is 0. The summed E-state index contributed by atoms with van der Waals surface area (Å²) in [4.78, 5) is 14.1. The van der Waals surface area contributed by atoms with Gasteiger partial charge in [-0.25, -0.2) is 0 Å². The van der Waals surface area contributed by atoms with Gasteiger partial charge in [0.25, 0.3) is 0 Å². The van der Waals surface area contributed by atoms with Crippen LogP contribution in [0.2, 0.25) is 0 Å². The SMILES string of the molecule is CC(C)NC(=O)CN1CCC(C(C)(C)CCOC(C)C)CC1. The van der Waals surface area contributed by atoms with Gasteiger partial charge in [0.05, 0.1) is 12.6 Å². The monoisotopic (exact) mass is 312 g/mol. The zero-order valence-corrected chi connectivity index (χ0v) is 15.4. The summed E-state index contributed by atoms with van der Waals surface area (Å²) in [6.45, 7) is 16.4.